The van der Waals surface area contributed by atoms with Crippen LogP contribution in [0.5, 0.6) is 0 Å². The molecule has 1 saturated heterocycles. The number of benzene rings is 2. The van der Waals surface area contributed by atoms with Crippen molar-refractivity contribution in [2.75, 3.05) is 44.2 Å². The van der Waals surface area contributed by atoms with Crippen LogP contribution >= 0.6 is 0 Å². The summed E-state index contributed by atoms with van der Waals surface area (Å²) in [6.45, 7) is 2.05. The number of anilines is 1. The smallest absolute Gasteiger partial charge is 0.243 e. The fraction of sp³-hybridized carbons (Fsp3) is 0.381. The Hall–Kier alpha value is -2.36. The highest BCUT2D eigenvalue weighted by Crippen LogP contribution is 2.27. The number of rotatable bonds is 4. The van der Waals surface area contributed by atoms with E-state index in [1.54, 1.807) is 0 Å². The molecule has 2 aliphatic heterocycles. The first-order valence-corrected chi connectivity index (χ1v) is 11.4. The molecule has 0 aliphatic carbocycles. The highest BCUT2D eigenvalue weighted by molar-refractivity contribution is 7.89. The molecular weight excluding hydrogens is 412 g/mol. The van der Waals surface area contributed by atoms with Crippen LogP contribution in [0.25, 0.3) is 0 Å². The third-order valence-electron chi connectivity index (χ3n) is 5.63. The van der Waals surface area contributed by atoms with Crippen LogP contribution < -0.4 is 4.90 Å². The van der Waals surface area contributed by atoms with E-state index >= 15 is 0 Å². The first kappa shape index (κ1) is 20.9. The second kappa shape index (κ2) is 8.41. The van der Waals surface area contributed by atoms with Crippen molar-refractivity contribution in [1.82, 2.24) is 9.21 Å². The minimum Gasteiger partial charge on any atom is -0.311 e. The van der Waals surface area contributed by atoms with E-state index in [0.29, 0.717) is 25.7 Å². The molecule has 4 rings (SSSR count). The highest BCUT2D eigenvalue weighted by Gasteiger charge is 2.31. The van der Waals surface area contributed by atoms with E-state index in [1.165, 1.54) is 9.87 Å². The molecule has 0 radical (unpaired) electrons. The molecule has 1 amide bonds. The van der Waals surface area contributed by atoms with Gasteiger partial charge in [0.1, 0.15) is 0 Å². The number of halogens is 2. The SMILES string of the molecule is O=C(CN1CCN(S(=O)(=O)c2ccc(F)c(F)c2)CC1)N1CCCc2ccccc21. The summed E-state index contributed by atoms with van der Waals surface area (Å²) in [5, 5.41) is 0. The lowest BCUT2D eigenvalue weighted by atomic mass is 10.0. The van der Waals surface area contributed by atoms with Crippen molar-refractivity contribution >= 4 is 21.6 Å². The molecule has 2 aliphatic rings. The number of carbonyl (C=O) groups excluding carboxylic acids is 1. The van der Waals surface area contributed by atoms with Crippen LogP contribution in [0.2, 0.25) is 0 Å². The van der Waals surface area contributed by atoms with E-state index in [9.17, 15) is 22.0 Å². The molecule has 0 saturated carbocycles. The average molecular weight is 435 g/mol. The molecule has 0 spiro atoms. The van der Waals surface area contributed by atoms with Crippen molar-refractivity contribution < 1.29 is 22.0 Å². The van der Waals surface area contributed by atoms with Crippen molar-refractivity contribution in [3.63, 3.8) is 0 Å². The summed E-state index contributed by atoms with van der Waals surface area (Å²) in [6, 6.07) is 10.5. The van der Waals surface area contributed by atoms with Gasteiger partial charge in [0, 0.05) is 38.4 Å². The molecule has 1 fully saturated rings. The largest absolute Gasteiger partial charge is 0.311 e. The minimum absolute atomic E-state index is 0.000868. The summed E-state index contributed by atoms with van der Waals surface area (Å²) in [7, 11) is -3.91. The second-order valence-corrected chi connectivity index (χ2v) is 9.47. The Morgan fingerprint density at radius 2 is 1.67 bits per heavy atom. The maximum atomic E-state index is 13.5. The van der Waals surface area contributed by atoms with E-state index in [-0.39, 0.29) is 30.4 Å². The summed E-state index contributed by atoms with van der Waals surface area (Å²) >= 11 is 0. The Labute approximate surface area is 174 Å². The zero-order chi connectivity index (χ0) is 21.3. The van der Waals surface area contributed by atoms with Crippen LogP contribution in [-0.4, -0.2) is 62.8 Å². The number of amides is 1. The van der Waals surface area contributed by atoms with E-state index < -0.39 is 21.7 Å². The van der Waals surface area contributed by atoms with Crippen LogP contribution in [0, 0.1) is 11.6 Å². The molecule has 2 heterocycles. The molecule has 0 unspecified atom stereocenters. The van der Waals surface area contributed by atoms with Gasteiger partial charge < -0.3 is 4.90 Å². The van der Waals surface area contributed by atoms with E-state index in [2.05, 4.69) is 0 Å². The Bertz CT molecular complexity index is 1050. The lowest BCUT2D eigenvalue weighted by molar-refractivity contribution is -0.120. The van der Waals surface area contributed by atoms with Crippen LogP contribution in [0.1, 0.15) is 12.0 Å². The maximum Gasteiger partial charge on any atom is 0.243 e. The van der Waals surface area contributed by atoms with E-state index in [0.717, 1.165) is 30.7 Å². The molecule has 0 aromatic heterocycles. The second-order valence-electron chi connectivity index (χ2n) is 7.53. The Kier molecular flexibility index (Phi) is 5.86. The molecule has 160 valence electrons. The predicted octanol–water partition coefficient (Wildman–Crippen LogP) is 2.25. The molecule has 2 aromatic carbocycles. The number of hydrogen-bond acceptors (Lipinski definition) is 4. The summed E-state index contributed by atoms with van der Waals surface area (Å²) in [6.07, 6.45) is 1.88. The standard InChI is InChI=1S/C21H23F2N3O3S/c22-18-8-7-17(14-19(18)23)30(28,29)25-12-10-24(11-13-25)15-21(27)26-9-3-5-16-4-1-2-6-20(16)26/h1-2,4,6-8,14H,3,5,9-13,15H2. The first-order valence-electron chi connectivity index (χ1n) is 9.92. The number of carbonyl (C=O) groups is 1. The summed E-state index contributed by atoms with van der Waals surface area (Å²) in [4.78, 5) is 16.3. The first-order chi connectivity index (χ1) is 14.4. The van der Waals surface area contributed by atoms with Crippen molar-refractivity contribution in [2.24, 2.45) is 0 Å². The minimum atomic E-state index is -3.91. The molecule has 6 nitrogen and oxygen atoms in total. The van der Waals surface area contributed by atoms with E-state index in [1.807, 2.05) is 34.1 Å². The van der Waals surface area contributed by atoms with E-state index in [4.69, 9.17) is 0 Å². The quantitative estimate of drug-likeness (QED) is 0.739. The lowest BCUT2D eigenvalue weighted by Gasteiger charge is -2.36. The summed E-state index contributed by atoms with van der Waals surface area (Å²) in [5.74, 6) is -2.28. The fourth-order valence-electron chi connectivity index (χ4n) is 3.98. The van der Waals surface area contributed by atoms with Gasteiger partial charge in [0.05, 0.1) is 11.4 Å². The number of hydrogen-bond donors (Lipinski definition) is 0. The van der Waals surface area contributed by atoms with Gasteiger partial charge in [-0.25, -0.2) is 17.2 Å². The van der Waals surface area contributed by atoms with Crippen molar-refractivity contribution in [3.8, 4) is 0 Å². The van der Waals surface area contributed by atoms with Gasteiger partial charge in [-0.3, -0.25) is 9.69 Å². The fourth-order valence-corrected chi connectivity index (χ4v) is 5.42. The number of sulfonamides is 1. The average Bonchev–Trinajstić information content (AvgIpc) is 2.75. The monoisotopic (exact) mass is 435 g/mol. The van der Waals surface area contributed by atoms with Gasteiger partial charge in [-0.15, -0.1) is 0 Å². The third-order valence-corrected chi connectivity index (χ3v) is 7.52. The van der Waals surface area contributed by atoms with Crippen molar-refractivity contribution in [3.05, 3.63) is 59.7 Å². The number of fused-ring (bicyclic) bond motifs is 1. The number of aryl methyl sites for hydroxylation is 1. The predicted molar refractivity (Wildman–Crippen MR) is 109 cm³/mol. The number of piperazine rings is 1. The third kappa shape index (κ3) is 4.10. The lowest BCUT2D eigenvalue weighted by Crippen LogP contribution is -2.52. The zero-order valence-corrected chi connectivity index (χ0v) is 17.2. The molecule has 0 N–H and O–H groups in total. The Morgan fingerprint density at radius 1 is 0.933 bits per heavy atom. The molecule has 30 heavy (non-hydrogen) atoms. The van der Waals surface area contributed by atoms with Gasteiger partial charge in [-0.05, 0) is 42.7 Å². The number of nitrogens with zero attached hydrogens (tertiary/aromatic N) is 3. The van der Waals surface area contributed by atoms with Gasteiger partial charge in [-0.1, -0.05) is 18.2 Å². The van der Waals surface area contributed by atoms with Crippen LogP contribution in [0.15, 0.2) is 47.4 Å². The van der Waals surface area contributed by atoms with Gasteiger partial charge in [0.2, 0.25) is 15.9 Å². The summed E-state index contributed by atoms with van der Waals surface area (Å²) < 4.78 is 53.2. The van der Waals surface area contributed by atoms with Crippen molar-refractivity contribution in [2.45, 2.75) is 17.7 Å². The number of para-hydroxylation sites is 1. The van der Waals surface area contributed by atoms with Gasteiger partial charge in [0.25, 0.3) is 0 Å². The highest BCUT2D eigenvalue weighted by atomic mass is 32.2. The van der Waals surface area contributed by atoms with Crippen LogP contribution in [0.4, 0.5) is 14.5 Å². The Morgan fingerprint density at radius 3 is 2.40 bits per heavy atom. The Balaban J connectivity index is 1.38. The van der Waals surface area contributed by atoms with Gasteiger partial charge >= 0.3 is 0 Å². The van der Waals surface area contributed by atoms with Crippen LogP contribution in [0.3, 0.4) is 0 Å². The van der Waals surface area contributed by atoms with Crippen LogP contribution in [-0.2, 0) is 21.2 Å². The molecule has 2 aromatic rings. The summed E-state index contributed by atoms with van der Waals surface area (Å²) in [5.41, 5.74) is 2.12. The van der Waals surface area contributed by atoms with Crippen molar-refractivity contribution in [1.29, 1.82) is 0 Å². The normalized spacial score (nSPS) is 18.3. The van der Waals surface area contributed by atoms with Gasteiger partial charge in [0.15, 0.2) is 11.6 Å². The molecular formula is C21H23F2N3O3S. The topological polar surface area (TPSA) is 60.9 Å². The molecule has 9 heteroatoms. The zero-order valence-electron chi connectivity index (χ0n) is 16.4. The van der Waals surface area contributed by atoms with Gasteiger partial charge in [-0.2, -0.15) is 4.31 Å². The molecule has 0 atom stereocenters. The molecule has 0 bridgehead atoms. The maximum absolute atomic E-state index is 13.5.